The van der Waals surface area contributed by atoms with Crippen LogP contribution in [0.15, 0.2) is 27.5 Å². The number of pyridine rings is 1. The van der Waals surface area contributed by atoms with Gasteiger partial charge in [0.15, 0.2) is 11.3 Å². The lowest BCUT2D eigenvalue weighted by Gasteiger charge is -2.12. The summed E-state index contributed by atoms with van der Waals surface area (Å²) >= 11 is 0. The molecule has 0 aliphatic heterocycles. The first kappa shape index (κ1) is 16.0. The highest BCUT2D eigenvalue weighted by molar-refractivity contribution is 5.84. The summed E-state index contributed by atoms with van der Waals surface area (Å²) in [6, 6.07) is 5.61. The number of benzene rings is 1. The Labute approximate surface area is 145 Å². The average molecular weight is 338 g/mol. The SMILES string of the molecule is Cc1ccc(C)c2c(=O)cc(CN[C@@H](C)c3nc(C4CC4)no3)[nH]c12. The number of hydrogen-bond acceptors (Lipinski definition) is 5. The molecule has 6 heteroatoms. The lowest BCUT2D eigenvalue weighted by Crippen LogP contribution is -2.20. The Balaban J connectivity index is 1.54. The first-order valence-electron chi connectivity index (χ1n) is 8.72. The van der Waals surface area contributed by atoms with Crippen LogP contribution in [0, 0.1) is 13.8 Å². The average Bonchev–Trinajstić information content (AvgIpc) is 3.33. The molecule has 25 heavy (non-hydrogen) atoms. The molecule has 0 unspecified atom stereocenters. The fraction of sp³-hybridized carbons (Fsp3) is 0.421. The molecule has 0 radical (unpaired) electrons. The maximum Gasteiger partial charge on any atom is 0.243 e. The van der Waals surface area contributed by atoms with Gasteiger partial charge in [0, 0.05) is 29.6 Å². The molecule has 2 aromatic heterocycles. The van der Waals surface area contributed by atoms with Gasteiger partial charge in [0.1, 0.15) is 0 Å². The molecule has 1 atom stereocenters. The number of nitrogens with one attached hydrogen (secondary N) is 2. The summed E-state index contributed by atoms with van der Waals surface area (Å²) in [5, 5.41) is 8.16. The number of rotatable bonds is 5. The molecule has 1 aliphatic rings. The molecule has 0 saturated heterocycles. The first-order valence-corrected chi connectivity index (χ1v) is 8.72. The summed E-state index contributed by atoms with van der Waals surface area (Å²) in [6.07, 6.45) is 2.30. The van der Waals surface area contributed by atoms with Crippen LogP contribution in [0.4, 0.5) is 0 Å². The molecule has 130 valence electrons. The van der Waals surface area contributed by atoms with E-state index in [1.54, 1.807) is 6.07 Å². The van der Waals surface area contributed by atoms with Gasteiger partial charge in [-0.3, -0.25) is 4.79 Å². The quantitative estimate of drug-likeness (QED) is 0.746. The van der Waals surface area contributed by atoms with Gasteiger partial charge in [-0.1, -0.05) is 17.3 Å². The van der Waals surface area contributed by atoms with Crippen molar-refractivity contribution in [2.45, 2.75) is 52.1 Å². The van der Waals surface area contributed by atoms with Crippen LogP contribution in [-0.2, 0) is 6.54 Å². The van der Waals surface area contributed by atoms with Crippen molar-refractivity contribution < 1.29 is 4.52 Å². The topological polar surface area (TPSA) is 83.8 Å². The van der Waals surface area contributed by atoms with Crippen LogP contribution in [-0.4, -0.2) is 15.1 Å². The number of hydrogen-bond donors (Lipinski definition) is 2. The third-order valence-corrected chi connectivity index (χ3v) is 4.83. The Kier molecular flexibility index (Phi) is 3.92. The maximum atomic E-state index is 12.5. The number of fused-ring (bicyclic) bond motifs is 1. The molecule has 3 aromatic rings. The van der Waals surface area contributed by atoms with Crippen LogP contribution >= 0.6 is 0 Å². The predicted molar refractivity (Wildman–Crippen MR) is 95.6 cm³/mol. The summed E-state index contributed by atoms with van der Waals surface area (Å²) in [4.78, 5) is 20.3. The minimum absolute atomic E-state index is 0.0493. The summed E-state index contributed by atoms with van der Waals surface area (Å²) in [6.45, 7) is 6.49. The van der Waals surface area contributed by atoms with Gasteiger partial charge in [-0.25, -0.2) is 0 Å². The lowest BCUT2D eigenvalue weighted by molar-refractivity contribution is 0.335. The molecular formula is C19H22N4O2. The van der Waals surface area contributed by atoms with Crippen LogP contribution in [0.3, 0.4) is 0 Å². The number of nitrogens with zero attached hydrogens (tertiary/aromatic N) is 2. The zero-order valence-electron chi connectivity index (χ0n) is 14.7. The van der Waals surface area contributed by atoms with E-state index in [1.807, 2.05) is 32.9 Å². The molecule has 1 saturated carbocycles. The van der Waals surface area contributed by atoms with Gasteiger partial charge in [-0.15, -0.1) is 0 Å². The Bertz CT molecular complexity index is 985. The summed E-state index contributed by atoms with van der Waals surface area (Å²) in [5.41, 5.74) is 3.87. The molecule has 1 aliphatic carbocycles. The molecule has 0 spiro atoms. The molecule has 2 heterocycles. The van der Waals surface area contributed by atoms with Crippen LogP contribution in [0.5, 0.6) is 0 Å². The van der Waals surface area contributed by atoms with Gasteiger partial charge < -0.3 is 14.8 Å². The van der Waals surface area contributed by atoms with E-state index in [0.29, 0.717) is 18.4 Å². The normalized spacial score (nSPS) is 15.6. The highest BCUT2D eigenvalue weighted by Gasteiger charge is 2.29. The minimum Gasteiger partial charge on any atom is -0.357 e. The van der Waals surface area contributed by atoms with Crippen molar-refractivity contribution in [2.75, 3.05) is 0 Å². The van der Waals surface area contributed by atoms with E-state index < -0.39 is 0 Å². The van der Waals surface area contributed by atoms with Crippen molar-refractivity contribution in [3.05, 3.63) is 57.0 Å². The number of aromatic amines is 1. The van der Waals surface area contributed by atoms with E-state index in [1.165, 1.54) is 0 Å². The fourth-order valence-electron chi connectivity index (χ4n) is 3.09. The Morgan fingerprint density at radius 1 is 1.32 bits per heavy atom. The van der Waals surface area contributed by atoms with Crippen molar-refractivity contribution in [3.8, 4) is 0 Å². The van der Waals surface area contributed by atoms with Gasteiger partial charge >= 0.3 is 0 Å². The minimum atomic E-state index is -0.0715. The smallest absolute Gasteiger partial charge is 0.243 e. The van der Waals surface area contributed by atoms with E-state index in [4.69, 9.17) is 4.52 Å². The van der Waals surface area contributed by atoms with E-state index in [9.17, 15) is 4.79 Å². The van der Waals surface area contributed by atoms with Crippen molar-refractivity contribution >= 4 is 10.9 Å². The predicted octanol–water partition coefficient (Wildman–Crippen LogP) is 3.26. The van der Waals surface area contributed by atoms with Gasteiger partial charge in [0.25, 0.3) is 0 Å². The summed E-state index contributed by atoms with van der Waals surface area (Å²) < 4.78 is 5.35. The highest BCUT2D eigenvalue weighted by atomic mass is 16.5. The van der Waals surface area contributed by atoms with Gasteiger partial charge in [-0.2, -0.15) is 4.98 Å². The Morgan fingerprint density at radius 3 is 2.84 bits per heavy atom. The van der Waals surface area contributed by atoms with Crippen molar-refractivity contribution in [1.82, 2.24) is 20.4 Å². The van der Waals surface area contributed by atoms with Gasteiger partial charge in [0.05, 0.1) is 11.6 Å². The second kappa shape index (κ2) is 6.11. The third kappa shape index (κ3) is 3.09. The monoisotopic (exact) mass is 338 g/mol. The lowest BCUT2D eigenvalue weighted by atomic mass is 10.0. The van der Waals surface area contributed by atoms with E-state index in [-0.39, 0.29) is 11.5 Å². The van der Waals surface area contributed by atoms with Crippen LogP contribution in [0.1, 0.15) is 60.3 Å². The maximum absolute atomic E-state index is 12.5. The molecule has 0 amide bonds. The number of H-pyrrole nitrogens is 1. The van der Waals surface area contributed by atoms with Crippen LogP contribution in [0.25, 0.3) is 10.9 Å². The second-order valence-corrected chi connectivity index (χ2v) is 6.98. The third-order valence-electron chi connectivity index (χ3n) is 4.83. The second-order valence-electron chi connectivity index (χ2n) is 6.98. The number of aryl methyl sites for hydroxylation is 2. The largest absolute Gasteiger partial charge is 0.357 e. The molecule has 6 nitrogen and oxygen atoms in total. The standard InChI is InChI=1S/C19H22N4O2/c1-10-4-5-11(2)17-16(10)15(24)8-14(21-17)9-20-12(3)19-22-18(23-25-19)13-6-7-13/h4-5,8,12-13,20H,6-7,9H2,1-3H3,(H,21,24)/t12-/m0/s1. The van der Waals surface area contributed by atoms with Gasteiger partial charge in [-0.05, 0) is 44.7 Å². The van der Waals surface area contributed by atoms with Crippen molar-refractivity contribution in [3.63, 3.8) is 0 Å². The summed E-state index contributed by atoms with van der Waals surface area (Å²) in [7, 11) is 0. The zero-order valence-corrected chi connectivity index (χ0v) is 14.7. The van der Waals surface area contributed by atoms with E-state index in [0.717, 1.165) is 46.4 Å². The van der Waals surface area contributed by atoms with Crippen LogP contribution in [0.2, 0.25) is 0 Å². The molecular weight excluding hydrogens is 316 g/mol. The number of aromatic nitrogens is 3. The summed E-state index contributed by atoms with van der Waals surface area (Å²) in [5.74, 6) is 1.89. The Morgan fingerprint density at radius 2 is 2.08 bits per heavy atom. The molecule has 4 rings (SSSR count). The van der Waals surface area contributed by atoms with Gasteiger partial charge in [0.2, 0.25) is 5.89 Å². The molecule has 0 bridgehead atoms. The molecule has 2 N–H and O–H groups in total. The van der Waals surface area contributed by atoms with Crippen LogP contribution < -0.4 is 10.7 Å². The molecule has 1 fully saturated rings. The molecule has 1 aromatic carbocycles. The Hall–Kier alpha value is -2.47. The highest BCUT2D eigenvalue weighted by Crippen LogP contribution is 2.38. The first-order chi connectivity index (χ1) is 12.0. The fourth-order valence-corrected chi connectivity index (χ4v) is 3.09. The van der Waals surface area contributed by atoms with E-state index >= 15 is 0 Å². The van der Waals surface area contributed by atoms with Crippen molar-refractivity contribution in [2.24, 2.45) is 0 Å². The zero-order chi connectivity index (χ0) is 17.6. The van der Waals surface area contributed by atoms with Crippen molar-refractivity contribution in [1.29, 1.82) is 0 Å². The van der Waals surface area contributed by atoms with E-state index in [2.05, 4.69) is 20.4 Å².